The highest BCUT2D eigenvalue weighted by Crippen LogP contribution is 2.54. The van der Waals surface area contributed by atoms with E-state index in [2.05, 4.69) is 214 Å². The molecule has 65 heavy (non-hydrogen) atoms. The van der Waals surface area contributed by atoms with Gasteiger partial charge in [-0.3, -0.25) is 0 Å². The predicted octanol–water partition coefficient (Wildman–Crippen LogP) is 17.0. The summed E-state index contributed by atoms with van der Waals surface area (Å²) >= 11 is 0. The molecular formula is C63H40N2. The Morgan fingerprint density at radius 3 is 1.12 bits per heavy atom. The van der Waals surface area contributed by atoms with Gasteiger partial charge in [-0.2, -0.15) is 0 Å². The van der Waals surface area contributed by atoms with Crippen LogP contribution in [0.3, 0.4) is 0 Å². The SMILES string of the molecule is CC1(C)c2cc3c4ccccc4c4ccccc4c3cc2-c2cc3c4ccccc4c4cc(-c5ccc(-c6ccc7ccc8ccc(-c9ccccc9)nc8c7n6)cc5)ccc4c3cc21. The van der Waals surface area contributed by atoms with Gasteiger partial charge in [-0.15, -0.1) is 0 Å². The molecule has 0 unspecified atom stereocenters. The lowest BCUT2D eigenvalue weighted by atomic mass is 9.80. The van der Waals surface area contributed by atoms with E-state index in [4.69, 9.17) is 9.97 Å². The highest BCUT2D eigenvalue weighted by Gasteiger charge is 2.37. The van der Waals surface area contributed by atoms with Crippen molar-refractivity contribution in [2.45, 2.75) is 19.3 Å². The van der Waals surface area contributed by atoms with E-state index in [1.165, 1.54) is 98.0 Å². The van der Waals surface area contributed by atoms with Crippen LogP contribution in [0.25, 0.3) is 131 Å². The molecule has 0 N–H and O–H groups in total. The Morgan fingerprint density at radius 1 is 0.277 bits per heavy atom. The molecular weight excluding hydrogens is 785 g/mol. The minimum Gasteiger partial charge on any atom is -0.245 e. The molecule has 0 atom stereocenters. The van der Waals surface area contributed by atoms with Gasteiger partial charge in [-0.1, -0.05) is 178 Å². The third-order valence-corrected chi connectivity index (χ3v) is 14.6. The number of hydrogen-bond acceptors (Lipinski definition) is 2. The Morgan fingerprint density at radius 2 is 0.631 bits per heavy atom. The summed E-state index contributed by atoms with van der Waals surface area (Å²) in [4.78, 5) is 10.4. The molecule has 11 aromatic carbocycles. The average molecular weight is 825 g/mol. The van der Waals surface area contributed by atoms with Gasteiger partial charge in [0.15, 0.2) is 0 Å². The Bertz CT molecular complexity index is 4180. The first kappa shape index (κ1) is 36.3. The van der Waals surface area contributed by atoms with Crippen molar-refractivity contribution in [1.29, 1.82) is 0 Å². The first-order valence-corrected chi connectivity index (χ1v) is 22.6. The molecule has 0 fully saturated rings. The largest absolute Gasteiger partial charge is 0.245 e. The van der Waals surface area contributed by atoms with E-state index in [0.717, 1.165) is 44.3 Å². The van der Waals surface area contributed by atoms with E-state index in [1.54, 1.807) is 0 Å². The van der Waals surface area contributed by atoms with Crippen molar-refractivity contribution in [3.05, 3.63) is 217 Å². The summed E-state index contributed by atoms with van der Waals surface area (Å²) in [5.74, 6) is 0. The minimum absolute atomic E-state index is 0.173. The fourth-order valence-electron chi connectivity index (χ4n) is 11.3. The van der Waals surface area contributed by atoms with Crippen LogP contribution in [0.1, 0.15) is 25.0 Å². The summed E-state index contributed by atoms with van der Waals surface area (Å²) in [5, 5.41) is 17.8. The molecule has 1 aliphatic rings. The monoisotopic (exact) mass is 824 g/mol. The number of nitrogens with zero attached hydrogens (tertiary/aromatic N) is 2. The van der Waals surface area contributed by atoms with Crippen molar-refractivity contribution in [2.75, 3.05) is 0 Å². The van der Waals surface area contributed by atoms with Crippen molar-refractivity contribution < 1.29 is 0 Å². The second-order valence-electron chi connectivity index (χ2n) is 18.5. The lowest BCUT2D eigenvalue weighted by Crippen LogP contribution is -2.15. The van der Waals surface area contributed by atoms with Gasteiger partial charge < -0.3 is 0 Å². The molecule has 0 aliphatic heterocycles. The van der Waals surface area contributed by atoms with Crippen LogP contribution in [0.4, 0.5) is 0 Å². The number of fused-ring (bicyclic) bond motifs is 18. The molecule has 2 nitrogen and oxygen atoms in total. The van der Waals surface area contributed by atoms with E-state index in [9.17, 15) is 0 Å². The fourth-order valence-corrected chi connectivity index (χ4v) is 11.3. The molecule has 302 valence electrons. The summed E-state index contributed by atoms with van der Waals surface area (Å²) in [6, 6.07) is 76.0. The van der Waals surface area contributed by atoms with Crippen molar-refractivity contribution in [3.63, 3.8) is 0 Å². The summed E-state index contributed by atoms with van der Waals surface area (Å²) in [6.07, 6.45) is 0. The number of rotatable bonds is 3. The van der Waals surface area contributed by atoms with Gasteiger partial charge in [-0.05, 0) is 140 Å². The maximum absolute atomic E-state index is 5.24. The summed E-state index contributed by atoms with van der Waals surface area (Å²) in [5.41, 5.74) is 13.6. The standard InChI is InChI=1S/C63H40N2/c1-63(2)57-35-53-46-17-9-7-15-44(46)43-14-6-8-16-45(43)51(53)33-55(57)56-34-52-48-19-11-10-18-47(48)50-32-42(26-29-49(50)54(52)36-58(56)63)37-20-22-39(23-21-37)60-31-28-41-25-24-40-27-30-59(38-12-4-3-5-13-38)64-61(40)62(41)65-60/h3-36H,1-2H3. The van der Waals surface area contributed by atoms with Crippen LogP contribution < -0.4 is 0 Å². The predicted molar refractivity (Wildman–Crippen MR) is 276 cm³/mol. The Balaban J connectivity index is 0.886. The van der Waals surface area contributed by atoms with Crippen LogP contribution in [0, 0.1) is 0 Å². The van der Waals surface area contributed by atoms with E-state index >= 15 is 0 Å². The molecule has 0 amide bonds. The average Bonchev–Trinajstić information content (AvgIpc) is 3.59. The van der Waals surface area contributed by atoms with Crippen molar-refractivity contribution in [1.82, 2.24) is 9.97 Å². The van der Waals surface area contributed by atoms with Gasteiger partial charge in [0.05, 0.1) is 22.4 Å². The highest BCUT2D eigenvalue weighted by molar-refractivity contribution is 6.28. The number of benzene rings is 11. The molecule has 0 saturated carbocycles. The Labute approximate surface area is 376 Å². The number of hydrogen-bond donors (Lipinski definition) is 0. The zero-order valence-corrected chi connectivity index (χ0v) is 36.0. The van der Waals surface area contributed by atoms with Crippen molar-refractivity contribution in [3.8, 4) is 44.8 Å². The zero-order chi connectivity index (χ0) is 43.0. The number of aromatic nitrogens is 2. The first-order valence-electron chi connectivity index (χ1n) is 22.6. The van der Waals surface area contributed by atoms with Crippen LogP contribution in [0.2, 0.25) is 0 Å². The molecule has 2 heteroatoms. The highest BCUT2D eigenvalue weighted by atomic mass is 14.8. The molecule has 0 saturated heterocycles. The molecule has 1 aliphatic carbocycles. The van der Waals surface area contributed by atoms with Crippen LogP contribution in [0.15, 0.2) is 206 Å². The molecule has 14 rings (SSSR count). The van der Waals surface area contributed by atoms with E-state index in [-0.39, 0.29) is 5.41 Å². The maximum Gasteiger partial charge on any atom is 0.0972 e. The Kier molecular flexibility index (Phi) is 7.49. The Hall–Kier alpha value is -8.20. The van der Waals surface area contributed by atoms with E-state index < -0.39 is 0 Å². The quantitative estimate of drug-likeness (QED) is 0.166. The molecule has 0 radical (unpaired) electrons. The van der Waals surface area contributed by atoms with Crippen molar-refractivity contribution in [2.24, 2.45) is 0 Å². The van der Waals surface area contributed by atoms with Gasteiger partial charge in [0.25, 0.3) is 0 Å². The topological polar surface area (TPSA) is 25.8 Å². The normalized spacial score (nSPS) is 13.2. The number of pyridine rings is 2. The second kappa shape index (κ2) is 13.4. The van der Waals surface area contributed by atoms with Crippen LogP contribution in [0.5, 0.6) is 0 Å². The lowest BCUT2D eigenvalue weighted by Gasteiger charge is -2.23. The van der Waals surface area contributed by atoms with Gasteiger partial charge >= 0.3 is 0 Å². The van der Waals surface area contributed by atoms with Gasteiger partial charge in [0.2, 0.25) is 0 Å². The molecule has 2 heterocycles. The van der Waals surface area contributed by atoms with E-state index in [1.807, 2.05) is 6.07 Å². The second-order valence-corrected chi connectivity index (χ2v) is 18.5. The van der Waals surface area contributed by atoms with Crippen LogP contribution >= 0.6 is 0 Å². The third kappa shape index (κ3) is 5.29. The van der Waals surface area contributed by atoms with Crippen LogP contribution in [-0.4, -0.2) is 9.97 Å². The summed E-state index contributed by atoms with van der Waals surface area (Å²) in [6.45, 7) is 4.83. The molecule has 2 aromatic heterocycles. The van der Waals surface area contributed by atoms with E-state index in [0.29, 0.717) is 0 Å². The van der Waals surface area contributed by atoms with Crippen molar-refractivity contribution >= 4 is 86.4 Å². The summed E-state index contributed by atoms with van der Waals surface area (Å²) in [7, 11) is 0. The molecule has 13 aromatic rings. The molecule has 0 bridgehead atoms. The fraction of sp³-hybridized carbons (Fsp3) is 0.0476. The van der Waals surface area contributed by atoms with Gasteiger partial charge in [0.1, 0.15) is 0 Å². The zero-order valence-electron chi connectivity index (χ0n) is 36.0. The lowest BCUT2D eigenvalue weighted by molar-refractivity contribution is 0.662. The van der Waals surface area contributed by atoms with Gasteiger partial charge in [-0.25, -0.2) is 9.97 Å². The minimum atomic E-state index is -0.173. The van der Waals surface area contributed by atoms with Gasteiger partial charge in [0, 0.05) is 27.3 Å². The first-order chi connectivity index (χ1) is 32.0. The summed E-state index contributed by atoms with van der Waals surface area (Å²) < 4.78 is 0. The maximum atomic E-state index is 5.24. The van der Waals surface area contributed by atoms with Crippen LogP contribution in [-0.2, 0) is 5.41 Å². The molecule has 0 spiro atoms. The third-order valence-electron chi connectivity index (χ3n) is 14.6. The smallest absolute Gasteiger partial charge is 0.0972 e.